The van der Waals surface area contributed by atoms with Gasteiger partial charge in [0, 0.05) is 36.5 Å². The number of anilines is 1. The number of hydrogen-bond donors (Lipinski definition) is 3. The summed E-state index contributed by atoms with van der Waals surface area (Å²) in [5.41, 5.74) is 1.53. The molecule has 5 rings (SSSR count). The largest absolute Gasteiger partial charge is 0.444 e. The lowest BCUT2D eigenvalue weighted by atomic mass is 10.1. The highest BCUT2D eigenvalue weighted by Crippen LogP contribution is 2.35. The van der Waals surface area contributed by atoms with E-state index in [2.05, 4.69) is 25.9 Å². The highest BCUT2D eigenvalue weighted by molar-refractivity contribution is 7.92. The monoisotopic (exact) mass is 655 g/mol. The van der Waals surface area contributed by atoms with Gasteiger partial charge in [-0.05, 0) is 36.6 Å². The first-order chi connectivity index (χ1) is 21.6. The van der Waals surface area contributed by atoms with Crippen molar-refractivity contribution in [2.24, 2.45) is 0 Å². The fraction of sp³-hybridized carbons (Fsp3) is 0.300. The molecule has 0 radical (unpaired) electrons. The molecule has 0 aliphatic heterocycles. The van der Waals surface area contributed by atoms with Crippen LogP contribution < -0.4 is 16.0 Å². The second kappa shape index (κ2) is 14.1. The lowest BCUT2D eigenvalue weighted by Crippen LogP contribution is -2.41. The molecule has 2 aromatic heterocycles. The van der Waals surface area contributed by atoms with Crippen molar-refractivity contribution in [3.05, 3.63) is 77.2 Å². The van der Waals surface area contributed by atoms with E-state index in [9.17, 15) is 22.8 Å². The maximum absolute atomic E-state index is 15.3. The number of pyridine rings is 1. The zero-order valence-corrected chi connectivity index (χ0v) is 25.8. The summed E-state index contributed by atoms with van der Waals surface area (Å²) in [5.74, 6) is -2.25. The van der Waals surface area contributed by atoms with Crippen LogP contribution in [-0.2, 0) is 35.5 Å². The molecule has 236 valence electrons. The smallest absolute Gasteiger partial charge is 0.413 e. The van der Waals surface area contributed by atoms with Crippen LogP contribution in [0, 0.1) is 5.82 Å². The molecule has 2 aromatic carbocycles. The Labute approximate surface area is 262 Å². The normalized spacial score (nSPS) is 13.6. The second-order valence-corrected chi connectivity index (χ2v) is 13.5. The van der Waals surface area contributed by atoms with Gasteiger partial charge in [0.25, 0.3) is 0 Å². The summed E-state index contributed by atoms with van der Waals surface area (Å²) in [4.78, 5) is 45.9. The van der Waals surface area contributed by atoms with Crippen LogP contribution in [0.15, 0.2) is 60.8 Å². The van der Waals surface area contributed by atoms with Crippen LogP contribution in [-0.4, -0.2) is 68.3 Å². The average Bonchev–Trinajstić information content (AvgIpc) is 3.75. The molecular formula is C30H30FN5O7S2. The molecule has 1 atom stereocenters. The number of sulfone groups is 1. The van der Waals surface area contributed by atoms with E-state index in [1.54, 1.807) is 6.07 Å². The fourth-order valence-corrected chi connectivity index (χ4v) is 7.26. The predicted octanol–water partition coefficient (Wildman–Crippen LogP) is 3.74. The molecule has 15 heteroatoms. The molecule has 0 bridgehead atoms. The van der Waals surface area contributed by atoms with Gasteiger partial charge in [-0.25, -0.2) is 27.6 Å². The summed E-state index contributed by atoms with van der Waals surface area (Å²) in [5, 5.41) is 5.85. The number of fused-ring (bicyclic) bond motifs is 1. The quantitative estimate of drug-likeness (QED) is 0.195. The van der Waals surface area contributed by atoms with E-state index in [-0.39, 0.29) is 41.2 Å². The summed E-state index contributed by atoms with van der Waals surface area (Å²) < 4.78 is 52.2. The number of amides is 3. The van der Waals surface area contributed by atoms with Gasteiger partial charge >= 0.3 is 6.09 Å². The fourth-order valence-electron chi connectivity index (χ4n) is 4.30. The SMILES string of the molecule is COCCS(=O)(=O)C(C(=O)NCC(=O)NC1CC1)c1nc2cc(F)c(-c3ccc(NC(=O)OCc4ccccc4)nc3)cc2s1. The third kappa shape index (κ3) is 8.38. The average molecular weight is 656 g/mol. The van der Waals surface area contributed by atoms with Crippen molar-refractivity contribution in [1.29, 1.82) is 0 Å². The van der Waals surface area contributed by atoms with E-state index in [0.29, 0.717) is 10.3 Å². The lowest BCUT2D eigenvalue weighted by molar-refractivity contribution is -0.126. The van der Waals surface area contributed by atoms with Gasteiger partial charge in [-0.2, -0.15) is 0 Å². The third-order valence-corrected chi connectivity index (χ3v) is 9.89. The van der Waals surface area contributed by atoms with Crippen LogP contribution in [0.2, 0.25) is 0 Å². The molecule has 1 saturated carbocycles. The van der Waals surface area contributed by atoms with Crippen LogP contribution in [0.5, 0.6) is 0 Å². The topological polar surface area (TPSA) is 166 Å². The molecule has 0 spiro atoms. The maximum Gasteiger partial charge on any atom is 0.413 e. The molecule has 3 N–H and O–H groups in total. The standard InChI is InChI=1S/C30H30FN5O7S2/c1-42-11-12-45(40,41)27(28(38)33-16-26(37)34-20-8-9-20)29-35-23-14-22(31)21(13-24(23)44-29)19-7-10-25(32-15-19)36-30(39)43-17-18-5-3-2-4-6-18/h2-7,10,13-15,20,27H,8-9,11-12,16-17H2,1H3,(H,33,38)(H,34,37)(H,32,36,39). The van der Waals surface area contributed by atoms with Crippen molar-refractivity contribution in [3.8, 4) is 11.1 Å². The van der Waals surface area contributed by atoms with Gasteiger partial charge in [-0.15, -0.1) is 11.3 Å². The van der Waals surface area contributed by atoms with Gasteiger partial charge in [0.05, 0.1) is 29.1 Å². The minimum absolute atomic E-state index is 0.0653. The number of nitrogens with one attached hydrogen (secondary N) is 3. The Hall–Kier alpha value is -4.47. The predicted molar refractivity (Wildman–Crippen MR) is 166 cm³/mol. The van der Waals surface area contributed by atoms with Crippen LogP contribution in [0.3, 0.4) is 0 Å². The number of nitrogens with zero attached hydrogens (tertiary/aromatic N) is 2. The molecular weight excluding hydrogens is 625 g/mol. The Kier molecular flexibility index (Phi) is 10.0. The van der Waals surface area contributed by atoms with Crippen LogP contribution in [0.25, 0.3) is 21.3 Å². The Morgan fingerprint density at radius 3 is 2.58 bits per heavy atom. The minimum Gasteiger partial charge on any atom is -0.444 e. The van der Waals surface area contributed by atoms with E-state index in [1.807, 2.05) is 30.3 Å². The number of carbonyl (C=O) groups excluding carboxylic acids is 3. The molecule has 1 fully saturated rings. The maximum atomic E-state index is 15.3. The van der Waals surface area contributed by atoms with Crippen molar-refractivity contribution in [3.63, 3.8) is 0 Å². The van der Waals surface area contributed by atoms with E-state index in [1.165, 1.54) is 25.4 Å². The summed E-state index contributed by atoms with van der Waals surface area (Å²) in [6.45, 7) is -0.461. The van der Waals surface area contributed by atoms with Crippen LogP contribution >= 0.6 is 11.3 Å². The number of hydrogen-bond acceptors (Lipinski definition) is 10. The Bertz CT molecular complexity index is 1800. The number of benzene rings is 2. The van der Waals surface area contributed by atoms with Crippen molar-refractivity contribution >= 4 is 55.1 Å². The molecule has 4 aromatic rings. The first-order valence-electron chi connectivity index (χ1n) is 13.9. The van der Waals surface area contributed by atoms with Gasteiger partial charge in [-0.3, -0.25) is 14.9 Å². The minimum atomic E-state index is -4.12. The first kappa shape index (κ1) is 31.9. The number of rotatable bonds is 13. The summed E-state index contributed by atoms with van der Waals surface area (Å²) in [6, 6.07) is 14.9. The van der Waals surface area contributed by atoms with E-state index >= 15 is 4.39 Å². The van der Waals surface area contributed by atoms with E-state index in [4.69, 9.17) is 9.47 Å². The molecule has 1 unspecified atom stereocenters. The number of methoxy groups -OCH3 is 1. The number of carbonyl (C=O) groups is 3. The van der Waals surface area contributed by atoms with Gasteiger partial charge in [0.2, 0.25) is 11.8 Å². The van der Waals surface area contributed by atoms with Gasteiger partial charge in [-0.1, -0.05) is 30.3 Å². The highest BCUT2D eigenvalue weighted by Gasteiger charge is 2.37. The van der Waals surface area contributed by atoms with Gasteiger partial charge in [0.15, 0.2) is 15.1 Å². The molecule has 2 heterocycles. The van der Waals surface area contributed by atoms with Crippen molar-refractivity contribution < 1.29 is 36.7 Å². The molecule has 1 aliphatic rings. The number of ether oxygens (including phenoxy) is 2. The molecule has 1 aliphatic carbocycles. The van der Waals surface area contributed by atoms with Crippen molar-refractivity contribution in [2.45, 2.75) is 30.7 Å². The number of thiazole rings is 1. The van der Waals surface area contributed by atoms with E-state index in [0.717, 1.165) is 35.8 Å². The summed E-state index contributed by atoms with van der Waals surface area (Å²) >= 11 is 0.929. The van der Waals surface area contributed by atoms with Crippen molar-refractivity contribution in [2.75, 3.05) is 31.3 Å². The second-order valence-electron chi connectivity index (χ2n) is 10.3. The van der Waals surface area contributed by atoms with E-state index < -0.39 is 51.1 Å². The van der Waals surface area contributed by atoms with Crippen LogP contribution in [0.1, 0.15) is 28.7 Å². The molecule has 3 amide bonds. The first-order valence-corrected chi connectivity index (χ1v) is 16.5. The Morgan fingerprint density at radius 1 is 1.11 bits per heavy atom. The number of aromatic nitrogens is 2. The van der Waals surface area contributed by atoms with Crippen LogP contribution in [0.4, 0.5) is 15.0 Å². The summed E-state index contributed by atoms with van der Waals surface area (Å²) in [7, 11) is -2.78. The third-order valence-electron chi connectivity index (χ3n) is 6.77. The molecule has 45 heavy (non-hydrogen) atoms. The van der Waals surface area contributed by atoms with Gasteiger partial charge < -0.3 is 20.1 Å². The summed E-state index contributed by atoms with van der Waals surface area (Å²) in [6.07, 6.45) is 2.39. The van der Waals surface area contributed by atoms with Crippen molar-refractivity contribution in [1.82, 2.24) is 20.6 Å². The molecule has 0 saturated heterocycles. The highest BCUT2D eigenvalue weighted by atomic mass is 32.2. The Morgan fingerprint density at radius 2 is 1.89 bits per heavy atom. The molecule has 12 nitrogen and oxygen atoms in total. The van der Waals surface area contributed by atoms with Gasteiger partial charge in [0.1, 0.15) is 23.2 Å². The Balaban J connectivity index is 1.33. The zero-order chi connectivity index (χ0) is 32.0. The number of halogens is 1. The lowest BCUT2D eigenvalue weighted by Gasteiger charge is -2.15. The zero-order valence-electron chi connectivity index (χ0n) is 24.1.